The Morgan fingerprint density at radius 3 is 2.63 bits per heavy atom. The summed E-state index contributed by atoms with van der Waals surface area (Å²) < 4.78 is 38.4. The first-order valence-corrected chi connectivity index (χ1v) is 7.68. The maximum absolute atomic E-state index is 12.8. The molecule has 104 valence electrons. The quantitative estimate of drug-likeness (QED) is 0.823. The van der Waals surface area contributed by atoms with E-state index >= 15 is 0 Å². The monoisotopic (exact) mass is 306 g/mol. The fraction of sp³-hybridized carbons (Fsp3) is 0.333. The van der Waals surface area contributed by atoms with Gasteiger partial charge < -0.3 is 10.6 Å². The zero-order valence-electron chi connectivity index (χ0n) is 10.4. The van der Waals surface area contributed by atoms with Gasteiger partial charge in [-0.15, -0.1) is 11.8 Å². The number of anilines is 2. The molecule has 0 aliphatic carbocycles. The molecule has 2 nitrogen and oxygen atoms in total. The summed E-state index contributed by atoms with van der Waals surface area (Å²) >= 11 is 3.13. The zero-order valence-corrected chi connectivity index (χ0v) is 12.0. The van der Waals surface area contributed by atoms with Gasteiger partial charge in [0.15, 0.2) is 0 Å². The van der Waals surface area contributed by atoms with E-state index in [4.69, 9.17) is 5.73 Å². The van der Waals surface area contributed by atoms with Gasteiger partial charge in [0.2, 0.25) is 0 Å². The van der Waals surface area contributed by atoms with E-state index in [1.807, 2.05) is 23.5 Å². The van der Waals surface area contributed by atoms with Gasteiger partial charge in [-0.1, -0.05) is 11.8 Å². The highest BCUT2D eigenvalue weighted by Crippen LogP contribution is 2.44. The lowest BCUT2D eigenvalue weighted by Gasteiger charge is -2.28. The number of nitrogen functional groups attached to an aromatic ring is 1. The number of benzene rings is 1. The fourth-order valence-electron chi connectivity index (χ4n) is 1.83. The Morgan fingerprint density at radius 1 is 1.37 bits per heavy atom. The Morgan fingerprint density at radius 2 is 2.05 bits per heavy atom. The molecule has 19 heavy (non-hydrogen) atoms. The van der Waals surface area contributed by atoms with Crippen molar-refractivity contribution >= 4 is 34.9 Å². The van der Waals surface area contributed by atoms with Crippen LogP contribution in [0.15, 0.2) is 29.3 Å². The molecule has 0 aromatic heterocycles. The summed E-state index contributed by atoms with van der Waals surface area (Å²) in [5.41, 5.74) is 6.82. The molecular formula is C12H13F3N2S2. The minimum atomic E-state index is -4.36. The number of nitrogens with zero attached hydrogens (tertiary/aromatic N) is 1. The third-order valence-corrected chi connectivity index (χ3v) is 5.21. The van der Waals surface area contributed by atoms with Gasteiger partial charge in [-0.25, -0.2) is 0 Å². The molecule has 1 aromatic carbocycles. The standard InChI is InChI=1S/C12H13F3N2S2/c1-7-6-19-11(18-2)17(7)10-5-8(12(13,14)15)3-4-9(10)16/h3-6,11H,16H2,1-2H3. The number of thioether (sulfide) groups is 2. The Bertz CT molecular complexity index is 514. The largest absolute Gasteiger partial charge is 0.416 e. The third-order valence-electron chi connectivity index (χ3n) is 2.76. The minimum Gasteiger partial charge on any atom is -0.397 e. The molecule has 1 heterocycles. The maximum Gasteiger partial charge on any atom is 0.416 e. The predicted octanol–water partition coefficient (Wildman–Crippen LogP) is 4.35. The highest BCUT2D eigenvalue weighted by molar-refractivity contribution is 8.18. The molecule has 0 spiro atoms. The van der Waals surface area contributed by atoms with Crippen LogP contribution in [-0.2, 0) is 6.18 Å². The number of hydrogen-bond donors (Lipinski definition) is 1. The van der Waals surface area contributed by atoms with E-state index in [9.17, 15) is 13.2 Å². The van der Waals surface area contributed by atoms with Crippen molar-refractivity contribution < 1.29 is 13.2 Å². The van der Waals surface area contributed by atoms with Crippen molar-refractivity contribution in [3.63, 3.8) is 0 Å². The van der Waals surface area contributed by atoms with Crippen LogP contribution in [0.2, 0.25) is 0 Å². The summed E-state index contributed by atoms with van der Waals surface area (Å²) in [4.78, 5) is 1.83. The summed E-state index contributed by atoms with van der Waals surface area (Å²) in [5, 5.41) is 1.93. The maximum atomic E-state index is 12.8. The van der Waals surface area contributed by atoms with Gasteiger partial charge in [0.1, 0.15) is 4.71 Å². The van der Waals surface area contributed by atoms with Crippen LogP contribution >= 0.6 is 23.5 Å². The van der Waals surface area contributed by atoms with E-state index in [2.05, 4.69) is 0 Å². The lowest BCUT2D eigenvalue weighted by Crippen LogP contribution is -2.25. The Hall–Kier alpha value is -0.950. The van der Waals surface area contributed by atoms with Crippen LogP contribution in [0.1, 0.15) is 12.5 Å². The lowest BCUT2D eigenvalue weighted by molar-refractivity contribution is -0.137. The van der Waals surface area contributed by atoms with Gasteiger partial charge in [0.05, 0.1) is 16.9 Å². The second-order valence-electron chi connectivity index (χ2n) is 4.08. The van der Waals surface area contributed by atoms with Crippen molar-refractivity contribution in [2.45, 2.75) is 17.8 Å². The van der Waals surface area contributed by atoms with Crippen molar-refractivity contribution in [2.75, 3.05) is 16.9 Å². The van der Waals surface area contributed by atoms with Crippen molar-refractivity contribution in [2.24, 2.45) is 0 Å². The summed E-state index contributed by atoms with van der Waals surface area (Å²) in [5.74, 6) is 0. The number of alkyl halides is 3. The first-order chi connectivity index (χ1) is 8.84. The molecule has 0 fully saturated rings. The third kappa shape index (κ3) is 2.81. The van der Waals surface area contributed by atoms with Crippen LogP contribution in [-0.4, -0.2) is 11.0 Å². The SMILES string of the molecule is CSC1SC=C(C)N1c1cc(C(F)(F)F)ccc1N. The smallest absolute Gasteiger partial charge is 0.397 e. The van der Waals surface area contributed by atoms with Crippen LogP contribution in [0.5, 0.6) is 0 Å². The first kappa shape index (κ1) is 14.5. The van der Waals surface area contributed by atoms with Crippen LogP contribution in [0.4, 0.5) is 24.5 Å². The van der Waals surface area contributed by atoms with Gasteiger partial charge in [0, 0.05) is 5.70 Å². The van der Waals surface area contributed by atoms with Gasteiger partial charge in [-0.2, -0.15) is 13.2 Å². The molecule has 0 bridgehead atoms. The molecule has 1 aliphatic rings. The molecule has 1 atom stereocenters. The average Bonchev–Trinajstić information content (AvgIpc) is 2.69. The Balaban J connectivity index is 2.46. The number of rotatable bonds is 2. The average molecular weight is 306 g/mol. The van der Waals surface area contributed by atoms with Crippen LogP contribution in [0.25, 0.3) is 0 Å². The van der Waals surface area contributed by atoms with Gasteiger partial charge in [-0.3, -0.25) is 0 Å². The topological polar surface area (TPSA) is 29.3 Å². The molecule has 0 amide bonds. The van der Waals surface area contributed by atoms with Crippen LogP contribution in [0.3, 0.4) is 0 Å². The number of allylic oxidation sites excluding steroid dienone is 1. The van der Waals surface area contributed by atoms with Gasteiger partial charge in [0.25, 0.3) is 0 Å². The molecule has 2 rings (SSSR count). The van der Waals surface area contributed by atoms with E-state index in [1.165, 1.54) is 6.07 Å². The van der Waals surface area contributed by atoms with E-state index in [-0.39, 0.29) is 4.71 Å². The molecule has 0 saturated heterocycles. The van der Waals surface area contributed by atoms with Crippen LogP contribution in [0, 0.1) is 0 Å². The minimum absolute atomic E-state index is 0.0192. The summed E-state index contributed by atoms with van der Waals surface area (Å²) in [6.07, 6.45) is -2.44. The molecule has 1 aliphatic heterocycles. The molecule has 7 heteroatoms. The summed E-state index contributed by atoms with van der Waals surface area (Å²) in [6, 6.07) is 3.43. The fourth-order valence-corrected chi connectivity index (χ4v) is 3.76. The summed E-state index contributed by atoms with van der Waals surface area (Å²) in [7, 11) is 0. The Kier molecular flexibility index (Phi) is 3.96. The molecule has 0 saturated carbocycles. The predicted molar refractivity (Wildman–Crippen MR) is 77.0 cm³/mol. The zero-order chi connectivity index (χ0) is 14.2. The van der Waals surface area contributed by atoms with Crippen molar-refractivity contribution in [1.82, 2.24) is 0 Å². The molecule has 1 aromatic rings. The first-order valence-electron chi connectivity index (χ1n) is 5.45. The summed E-state index contributed by atoms with van der Waals surface area (Å²) in [6.45, 7) is 1.86. The van der Waals surface area contributed by atoms with Gasteiger partial charge in [-0.05, 0) is 36.8 Å². The number of hydrogen-bond acceptors (Lipinski definition) is 4. The Labute approximate surface area is 118 Å². The molecule has 2 N–H and O–H groups in total. The second kappa shape index (κ2) is 5.20. The number of nitrogens with two attached hydrogens (primary N) is 1. The normalized spacial score (nSPS) is 19.7. The molecule has 1 unspecified atom stereocenters. The van der Waals surface area contributed by atoms with E-state index in [0.29, 0.717) is 11.4 Å². The van der Waals surface area contributed by atoms with Gasteiger partial charge >= 0.3 is 6.18 Å². The van der Waals surface area contributed by atoms with Crippen molar-refractivity contribution in [3.8, 4) is 0 Å². The second-order valence-corrected chi connectivity index (χ2v) is 6.25. The highest BCUT2D eigenvalue weighted by Gasteiger charge is 2.33. The van der Waals surface area contributed by atoms with Crippen molar-refractivity contribution in [1.29, 1.82) is 0 Å². The van der Waals surface area contributed by atoms with E-state index in [1.54, 1.807) is 23.5 Å². The molecule has 0 radical (unpaired) electrons. The van der Waals surface area contributed by atoms with Crippen molar-refractivity contribution in [3.05, 3.63) is 34.9 Å². The van der Waals surface area contributed by atoms with Crippen LogP contribution < -0.4 is 10.6 Å². The number of halogens is 3. The molecular weight excluding hydrogens is 293 g/mol. The van der Waals surface area contributed by atoms with E-state index < -0.39 is 11.7 Å². The lowest BCUT2D eigenvalue weighted by atomic mass is 10.1. The van der Waals surface area contributed by atoms with E-state index in [0.717, 1.165) is 17.8 Å². The highest BCUT2D eigenvalue weighted by atomic mass is 32.2.